The van der Waals surface area contributed by atoms with Crippen LogP contribution in [-0.4, -0.2) is 13.0 Å². The van der Waals surface area contributed by atoms with Gasteiger partial charge in [-0.2, -0.15) is 0 Å². The number of methoxy groups -OCH3 is 1. The normalized spacial score (nSPS) is 9.93. The molecule has 1 aromatic carbocycles. The molecule has 0 saturated heterocycles. The number of hydrogen-bond acceptors (Lipinski definition) is 3. The number of amides is 1. The van der Waals surface area contributed by atoms with Crippen LogP contribution < -0.4 is 16.2 Å². The van der Waals surface area contributed by atoms with Crippen molar-refractivity contribution in [2.75, 3.05) is 12.8 Å². The van der Waals surface area contributed by atoms with E-state index in [1.54, 1.807) is 0 Å². The summed E-state index contributed by atoms with van der Waals surface area (Å²) in [6.45, 7) is 0. The van der Waals surface area contributed by atoms with Crippen LogP contribution in [0.4, 0.5) is 5.69 Å². The minimum absolute atomic E-state index is 0.258. The van der Waals surface area contributed by atoms with E-state index in [2.05, 4.69) is 38.5 Å². The largest absolute Gasteiger partial charge is 0.496 e. The minimum Gasteiger partial charge on any atom is -0.496 e. The third-order valence-corrected chi connectivity index (χ3v) is 4.33. The van der Waals surface area contributed by atoms with Gasteiger partial charge in [0, 0.05) is 0 Å². The monoisotopic (exact) mass is 370 g/mol. The molecule has 1 aromatic rings. The number of rotatable bonds is 2. The van der Waals surface area contributed by atoms with Gasteiger partial charge in [0.1, 0.15) is 5.75 Å². The minimum atomic E-state index is -0.571. The molecule has 76 valence electrons. The van der Waals surface area contributed by atoms with Crippen molar-refractivity contribution in [1.82, 2.24) is 0 Å². The van der Waals surface area contributed by atoms with E-state index in [0.29, 0.717) is 15.9 Å². The fourth-order valence-electron chi connectivity index (χ4n) is 0.969. The van der Waals surface area contributed by atoms with Gasteiger partial charge in [-0.3, -0.25) is 4.79 Å². The van der Waals surface area contributed by atoms with E-state index in [1.807, 2.05) is 0 Å². The van der Waals surface area contributed by atoms with E-state index < -0.39 is 5.91 Å². The van der Waals surface area contributed by atoms with Crippen molar-refractivity contribution in [3.8, 4) is 5.75 Å². The van der Waals surface area contributed by atoms with Gasteiger partial charge in [0.2, 0.25) is 0 Å². The number of benzene rings is 1. The first-order valence-electron chi connectivity index (χ1n) is 3.60. The predicted octanol–water partition coefficient (Wildman–Crippen LogP) is 1.74. The van der Waals surface area contributed by atoms with Crippen LogP contribution in [0.15, 0.2) is 10.5 Å². The lowest BCUT2D eigenvalue weighted by Gasteiger charge is -2.10. The number of nitrogens with two attached hydrogens (primary N) is 2. The van der Waals surface area contributed by atoms with Crippen LogP contribution in [-0.2, 0) is 0 Å². The first-order valence-corrected chi connectivity index (χ1v) is 5.47. The molecule has 1 amide bonds. The summed E-state index contributed by atoms with van der Waals surface area (Å²) in [7, 11) is 1.52. The van der Waals surface area contributed by atoms with Gasteiger partial charge in [-0.15, -0.1) is 0 Å². The van der Waals surface area contributed by atoms with Gasteiger partial charge in [0.05, 0.1) is 26.4 Å². The molecule has 0 aliphatic heterocycles. The number of halogens is 2. The highest BCUT2D eigenvalue weighted by atomic mass is 127. The second-order valence-corrected chi connectivity index (χ2v) is 4.40. The van der Waals surface area contributed by atoms with Gasteiger partial charge in [-0.25, -0.2) is 0 Å². The number of ether oxygens (including phenoxy) is 1. The van der Waals surface area contributed by atoms with Crippen molar-refractivity contribution < 1.29 is 9.53 Å². The number of nitrogen functional groups attached to an aromatic ring is 1. The molecule has 0 saturated carbocycles. The molecule has 0 aliphatic rings. The Bertz CT molecular complexity index is 395. The lowest BCUT2D eigenvalue weighted by atomic mass is 10.1. The molecule has 0 spiro atoms. The lowest BCUT2D eigenvalue weighted by molar-refractivity contribution is 0.100. The summed E-state index contributed by atoms with van der Waals surface area (Å²) in [6, 6.07) is 1.53. The van der Waals surface area contributed by atoms with Gasteiger partial charge in [-0.05, 0) is 44.6 Å². The molecule has 14 heavy (non-hydrogen) atoms. The molecule has 0 radical (unpaired) electrons. The van der Waals surface area contributed by atoms with Crippen LogP contribution in [0.1, 0.15) is 10.4 Å². The van der Waals surface area contributed by atoms with E-state index in [9.17, 15) is 4.79 Å². The zero-order valence-corrected chi connectivity index (χ0v) is 11.0. The quantitative estimate of drug-likeness (QED) is 0.614. The Morgan fingerprint density at radius 3 is 2.64 bits per heavy atom. The first kappa shape index (κ1) is 11.6. The molecule has 4 N–H and O–H groups in total. The summed E-state index contributed by atoms with van der Waals surface area (Å²) in [5.41, 5.74) is 11.5. The second kappa shape index (κ2) is 4.35. The smallest absolute Gasteiger partial charge is 0.250 e. The molecule has 0 atom stereocenters. The Morgan fingerprint density at radius 1 is 1.64 bits per heavy atom. The van der Waals surface area contributed by atoms with Gasteiger partial charge < -0.3 is 16.2 Å². The highest BCUT2D eigenvalue weighted by Crippen LogP contribution is 2.35. The fraction of sp³-hybridized carbons (Fsp3) is 0.125. The van der Waals surface area contributed by atoms with Crippen LogP contribution in [0, 0.1) is 3.57 Å². The Balaban J connectivity index is 3.48. The number of anilines is 1. The summed E-state index contributed by atoms with van der Waals surface area (Å²) in [6.07, 6.45) is 0. The zero-order chi connectivity index (χ0) is 10.9. The topological polar surface area (TPSA) is 78.3 Å². The number of primary amides is 1. The highest BCUT2D eigenvalue weighted by molar-refractivity contribution is 14.1. The molecule has 1 rings (SSSR count). The van der Waals surface area contributed by atoms with E-state index in [-0.39, 0.29) is 5.56 Å². The molecule has 0 fully saturated rings. The van der Waals surface area contributed by atoms with Crippen molar-refractivity contribution in [1.29, 1.82) is 0 Å². The molecular formula is C8H8BrIN2O2. The van der Waals surface area contributed by atoms with E-state index >= 15 is 0 Å². The average Bonchev–Trinajstić information content (AvgIpc) is 2.14. The molecular weight excluding hydrogens is 363 g/mol. The van der Waals surface area contributed by atoms with Gasteiger partial charge in [-0.1, -0.05) is 0 Å². The summed E-state index contributed by atoms with van der Waals surface area (Å²) >= 11 is 5.34. The number of carbonyl (C=O) groups is 1. The third kappa shape index (κ3) is 1.95. The maximum Gasteiger partial charge on any atom is 0.250 e. The molecule has 0 unspecified atom stereocenters. The molecule has 0 aliphatic carbocycles. The Labute approximate surface area is 103 Å². The summed E-state index contributed by atoms with van der Waals surface area (Å²) in [4.78, 5) is 11.0. The highest BCUT2D eigenvalue weighted by Gasteiger charge is 2.15. The zero-order valence-electron chi connectivity index (χ0n) is 7.30. The lowest BCUT2D eigenvalue weighted by Crippen LogP contribution is -2.14. The maximum atomic E-state index is 11.0. The van der Waals surface area contributed by atoms with Gasteiger partial charge in [0.15, 0.2) is 0 Å². The van der Waals surface area contributed by atoms with Crippen LogP contribution in [0.3, 0.4) is 0 Å². The van der Waals surface area contributed by atoms with Gasteiger partial charge >= 0.3 is 0 Å². The first-order chi connectivity index (χ1) is 6.49. The number of carbonyl (C=O) groups excluding carboxylic acids is 1. The summed E-state index contributed by atoms with van der Waals surface area (Å²) in [5, 5.41) is 0. The summed E-state index contributed by atoms with van der Waals surface area (Å²) < 4.78 is 6.51. The van der Waals surface area contributed by atoms with E-state index in [0.717, 1.165) is 3.57 Å². The predicted molar refractivity (Wildman–Crippen MR) is 66.3 cm³/mol. The van der Waals surface area contributed by atoms with Crippen LogP contribution >= 0.6 is 38.5 Å². The van der Waals surface area contributed by atoms with Crippen molar-refractivity contribution >= 4 is 50.1 Å². The average molecular weight is 371 g/mol. The second-order valence-electron chi connectivity index (χ2n) is 2.53. The van der Waals surface area contributed by atoms with Crippen LogP contribution in [0.5, 0.6) is 5.75 Å². The molecule has 0 heterocycles. The molecule has 0 bridgehead atoms. The Hall–Kier alpha value is -0.500. The maximum absolute atomic E-state index is 11.0. The van der Waals surface area contributed by atoms with Crippen molar-refractivity contribution in [2.45, 2.75) is 0 Å². The Kier molecular flexibility index (Phi) is 3.59. The standard InChI is InChI=1S/C8H8BrIN2O2/c1-14-4-2-3(8(12)13)7(11)5(9)6(4)10/h2H,11H2,1H3,(H2,12,13). The SMILES string of the molecule is COc1cc(C(N)=O)c(N)c(Br)c1I. The number of hydrogen-bond donors (Lipinski definition) is 2. The Morgan fingerprint density at radius 2 is 2.21 bits per heavy atom. The third-order valence-electron chi connectivity index (χ3n) is 1.70. The fourth-order valence-corrected chi connectivity index (χ4v) is 2.04. The van der Waals surface area contributed by atoms with Crippen molar-refractivity contribution in [3.05, 3.63) is 19.7 Å². The van der Waals surface area contributed by atoms with E-state index in [1.165, 1.54) is 13.2 Å². The van der Waals surface area contributed by atoms with Crippen molar-refractivity contribution in [3.63, 3.8) is 0 Å². The van der Waals surface area contributed by atoms with Crippen molar-refractivity contribution in [2.24, 2.45) is 5.73 Å². The van der Waals surface area contributed by atoms with Crippen LogP contribution in [0.2, 0.25) is 0 Å². The van der Waals surface area contributed by atoms with E-state index in [4.69, 9.17) is 16.2 Å². The summed E-state index contributed by atoms with van der Waals surface area (Å²) in [5.74, 6) is -0.00150. The molecule has 4 nitrogen and oxygen atoms in total. The molecule has 6 heteroatoms. The molecule has 0 aromatic heterocycles. The van der Waals surface area contributed by atoms with Gasteiger partial charge in [0.25, 0.3) is 5.91 Å². The van der Waals surface area contributed by atoms with Crippen LogP contribution in [0.25, 0.3) is 0 Å².